The van der Waals surface area contributed by atoms with Crippen LogP contribution in [0.15, 0.2) is 24.4 Å². The Hall–Kier alpha value is -2.37. The second-order valence-corrected chi connectivity index (χ2v) is 5.96. The summed E-state index contributed by atoms with van der Waals surface area (Å²) in [6.45, 7) is 0.649. The first-order valence-electron chi connectivity index (χ1n) is 7.50. The number of piperazine rings is 1. The fourth-order valence-corrected chi connectivity index (χ4v) is 3.51. The first kappa shape index (κ1) is 13.3. The van der Waals surface area contributed by atoms with E-state index in [0.717, 1.165) is 29.3 Å². The van der Waals surface area contributed by atoms with Gasteiger partial charge in [-0.3, -0.25) is 9.59 Å². The predicted octanol–water partition coefficient (Wildman–Crippen LogP) is 1.34. The minimum absolute atomic E-state index is 0.0344. The smallest absolute Gasteiger partial charge is 0.246 e. The lowest BCUT2D eigenvalue weighted by Gasteiger charge is -2.34. The molecule has 0 saturated carbocycles. The van der Waals surface area contributed by atoms with Crippen LogP contribution in [0.2, 0.25) is 0 Å². The molecule has 0 aliphatic carbocycles. The Balaban J connectivity index is 1.63. The number of halogens is 1. The van der Waals surface area contributed by atoms with Crippen LogP contribution < -0.4 is 5.32 Å². The molecule has 6 heteroatoms. The van der Waals surface area contributed by atoms with Crippen molar-refractivity contribution in [1.82, 2.24) is 15.2 Å². The normalized spacial score (nSPS) is 24.7. The lowest BCUT2D eigenvalue weighted by molar-refractivity contribution is -0.146. The molecular formula is C16H16FN3O2. The summed E-state index contributed by atoms with van der Waals surface area (Å²) in [7, 11) is 0. The summed E-state index contributed by atoms with van der Waals surface area (Å²) >= 11 is 0. The molecule has 114 valence electrons. The number of nitrogens with zero attached hydrogens (tertiary/aromatic N) is 1. The van der Waals surface area contributed by atoms with E-state index in [1.165, 1.54) is 12.1 Å². The van der Waals surface area contributed by atoms with Gasteiger partial charge >= 0.3 is 0 Å². The van der Waals surface area contributed by atoms with E-state index in [0.29, 0.717) is 13.0 Å². The summed E-state index contributed by atoms with van der Waals surface area (Å²) < 4.78 is 13.4. The zero-order valence-electron chi connectivity index (χ0n) is 11.9. The third kappa shape index (κ3) is 1.98. The molecule has 0 spiro atoms. The summed E-state index contributed by atoms with van der Waals surface area (Å²) in [6, 6.07) is 3.65. The largest absolute Gasteiger partial charge is 0.361 e. The van der Waals surface area contributed by atoms with Crippen LogP contribution in [0.5, 0.6) is 0 Å². The van der Waals surface area contributed by atoms with Crippen LogP contribution in [0.4, 0.5) is 4.39 Å². The van der Waals surface area contributed by atoms with Crippen LogP contribution >= 0.6 is 0 Å². The molecule has 2 fully saturated rings. The van der Waals surface area contributed by atoms with Crippen LogP contribution in [0.25, 0.3) is 10.9 Å². The number of nitrogens with one attached hydrogen (secondary N) is 2. The van der Waals surface area contributed by atoms with Gasteiger partial charge in [0.05, 0.1) is 0 Å². The van der Waals surface area contributed by atoms with Gasteiger partial charge in [-0.2, -0.15) is 0 Å². The lowest BCUT2D eigenvalue weighted by atomic mass is 10.0. The topological polar surface area (TPSA) is 65.2 Å². The first-order valence-corrected chi connectivity index (χ1v) is 7.50. The number of hydrogen-bond donors (Lipinski definition) is 2. The number of H-pyrrole nitrogens is 1. The van der Waals surface area contributed by atoms with Gasteiger partial charge in [0.15, 0.2) is 0 Å². The summed E-state index contributed by atoms with van der Waals surface area (Å²) in [5.74, 6) is -0.423. The summed E-state index contributed by atoms with van der Waals surface area (Å²) in [4.78, 5) is 29.4. The number of carbonyl (C=O) groups is 2. The number of benzene rings is 1. The number of aromatic amines is 1. The molecular weight excluding hydrogens is 285 g/mol. The lowest BCUT2D eigenvalue weighted by Crippen LogP contribution is -2.61. The fraction of sp³-hybridized carbons (Fsp3) is 0.375. The Morgan fingerprint density at radius 3 is 3.05 bits per heavy atom. The standard InChI is InChI=1S/C16H16FN3O2/c17-10-3-4-12-11(7-10)9(8-18-12)6-13-16(22)20-5-1-2-14(20)15(21)19-13/h3-4,7-8,13-14,18H,1-2,5-6H2,(H,19,21)/t13-,14-/m0/s1. The minimum atomic E-state index is -0.566. The van der Waals surface area contributed by atoms with E-state index >= 15 is 0 Å². The van der Waals surface area contributed by atoms with Crippen molar-refractivity contribution in [1.29, 1.82) is 0 Å². The molecule has 2 amide bonds. The molecule has 0 radical (unpaired) electrons. The molecule has 5 nitrogen and oxygen atoms in total. The van der Waals surface area contributed by atoms with Crippen molar-refractivity contribution in [3.05, 3.63) is 35.8 Å². The average molecular weight is 301 g/mol. The summed E-state index contributed by atoms with van der Waals surface area (Å²) in [5, 5.41) is 3.57. The van der Waals surface area contributed by atoms with Gasteiger partial charge in [0.2, 0.25) is 11.8 Å². The van der Waals surface area contributed by atoms with Gasteiger partial charge in [0, 0.05) is 30.1 Å². The number of rotatable bonds is 2. The maximum atomic E-state index is 13.4. The Kier molecular flexibility index (Phi) is 2.92. The molecule has 0 bridgehead atoms. The van der Waals surface area contributed by atoms with Crippen molar-refractivity contribution < 1.29 is 14.0 Å². The maximum absolute atomic E-state index is 13.4. The number of aromatic nitrogens is 1. The van der Waals surface area contributed by atoms with Crippen LogP contribution in [0.3, 0.4) is 0 Å². The molecule has 2 aliphatic heterocycles. The van der Waals surface area contributed by atoms with Crippen molar-refractivity contribution in [3.8, 4) is 0 Å². The average Bonchev–Trinajstić information content (AvgIpc) is 3.12. The molecule has 2 N–H and O–H groups in total. The van der Waals surface area contributed by atoms with Crippen molar-refractivity contribution in [2.75, 3.05) is 6.54 Å². The molecule has 4 rings (SSSR count). The third-order valence-corrected chi connectivity index (χ3v) is 4.61. The maximum Gasteiger partial charge on any atom is 0.246 e. The highest BCUT2D eigenvalue weighted by molar-refractivity contribution is 5.98. The van der Waals surface area contributed by atoms with E-state index in [1.807, 2.05) is 0 Å². The molecule has 2 aromatic rings. The Morgan fingerprint density at radius 1 is 1.32 bits per heavy atom. The Labute approximate surface area is 126 Å². The van der Waals surface area contributed by atoms with Crippen LogP contribution in [0.1, 0.15) is 18.4 Å². The molecule has 0 unspecified atom stereocenters. The second-order valence-electron chi connectivity index (χ2n) is 5.96. The molecule has 2 atom stereocenters. The Morgan fingerprint density at radius 2 is 2.18 bits per heavy atom. The number of amides is 2. The fourth-order valence-electron chi connectivity index (χ4n) is 3.51. The highest BCUT2D eigenvalue weighted by atomic mass is 19.1. The SMILES string of the molecule is O=C1N[C@@H](Cc2c[nH]c3ccc(F)cc23)C(=O)N2CCC[C@@H]12. The zero-order valence-corrected chi connectivity index (χ0v) is 11.9. The van der Waals surface area contributed by atoms with Gasteiger partial charge in [-0.25, -0.2) is 4.39 Å². The molecule has 1 aromatic heterocycles. The Bertz CT molecular complexity index is 770. The van der Waals surface area contributed by atoms with E-state index in [2.05, 4.69) is 10.3 Å². The van der Waals surface area contributed by atoms with E-state index in [1.54, 1.807) is 17.2 Å². The van der Waals surface area contributed by atoms with Gasteiger partial charge in [0.25, 0.3) is 0 Å². The quantitative estimate of drug-likeness (QED) is 0.879. The van der Waals surface area contributed by atoms with Gasteiger partial charge in [0.1, 0.15) is 17.9 Å². The van der Waals surface area contributed by atoms with Crippen molar-refractivity contribution in [2.24, 2.45) is 0 Å². The van der Waals surface area contributed by atoms with Crippen LogP contribution in [-0.4, -0.2) is 40.3 Å². The van der Waals surface area contributed by atoms with Crippen molar-refractivity contribution in [2.45, 2.75) is 31.3 Å². The monoisotopic (exact) mass is 301 g/mol. The zero-order chi connectivity index (χ0) is 15.3. The minimum Gasteiger partial charge on any atom is -0.361 e. The predicted molar refractivity (Wildman–Crippen MR) is 78.6 cm³/mol. The highest BCUT2D eigenvalue weighted by Gasteiger charge is 2.42. The van der Waals surface area contributed by atoms with Gasteiger partial charge < -0.3 is 15.2 Å². The third-order valence-electron chi connectivity index (χ3n) is 4.61. The van der Waals surface area contributed by atoms with Gasteiger partial charge in [-0.1, -0.05) is 0 Å². The number of fused-ring (bicyclic) bond motifs is 2. The van der Waals surface area contributed by atoms with Gasteiger partial charge in [-0.15, -0.1) is 0 Å². The van der Waals surface area contributed by atoms with E-state index in [-0.39, 0.29) is 23.7 Å². The number of carbonyl (C=O) groups excluding carboxylic acids is 2. The van der Waals surface area contributed by atoms with E-state index < -0.39 is 6.04 Å². The highest BCUT2D eigenvalue weighted by Crippen LogP contribution is 2.25. The molecule has 2 aliphatic rings. The van der Waals surface area contributed by atoms with E-state index in [9.17, 15) is 14.0 Å². The molecule has 1 aromatic carbocycles. The molecule has 22 heavy (non-hydrogen) atoms. The molecule has 2 saturated heterocycles. The number of hydrogen-bond acceptors (Lipinski definition) is 2. The van der Waals surface area contributed by atoms with Crippen LogP contribution in [0, 0.1) is 5.82 Å². The summed E-state index contributed by atoms with van der Waals surface area (Å²) in [6.07, 6.45) is 3.76. The molecule has 3 heterocycles. The van der Waals surface area contributed by atoms with E-state index in [4.69, 9.17) is 0 Å². The summed E-state index contributed by atoms with van der Waals surface area (Å²) in [5.41, 5.74) is 1.66. The first-order chi connectivity index (χ1) is 10.6. The second kappa shape index (κ2) is 4.83. The van der Waals surface area contributed by atoms with Crippen molar-refractivity contribution in [3.63, 3.8) is 0 Å². The van der Waals surface area contributed by atoms with Gasteiger partial charge in [-0.05, 0) is 36.6 Å². The van der Waals surface area contributed by atoms with Crippen LogP contribution in [-0.2, 0) is 16.0 Å². The van der Waals surface area contributed by atoms with Crippen molar-refractivity contribution >= 4 is 22.7 Å².